The Balaban J connectivity index is 0. The van der Waals surface area contributed by atoms with Crippen molar-refractivity contribution in [3.05, 3.63) is 0 Å². The van der Waals surface area contributed by atoms with Crippen molar-refractivity contribution in [2.24, 2.45) is 5.73 Å². The average Bonchev–Trinajstić information content (AvgIpc) is 1.85. The number of hydrogen-bond donors (Lipinski definition) is 2. The number of carboxylic acids is 1. The third kappa shape index (κ3) is 17.7. The Morgan fingerprint density at radius 2 is 1.91 bits per heavy atom. The lowest BCUT2D eigenvalue weighted by atomic mass is 10.4. The molecule has 0 aromatic rings. The summed E-state index contributed by atoms with van der Waals surface area (Å²) >= 11 is 0. The van der Waals surface area contributed by atoms with Crippen LogP contribution in [0.1, 0.15) is 20.3 Å². The van der Waals surface area contributed by atoms with Gasteiger partial charge in [-0.2, -0.15) is 0 Å². The van der Waals surface area contributed by atoms with Crippen LogP contribution in [-0.4, -0.2) is 36.2 Å². The van der Waals surface area contributed by atoms with Gasteiger partial charge >= 0.3 is 0 Å². The highest BCUT2D eigenvalue weighted by atomic mass is 16.4. The molecule has 3 N–H and O–H groups in total. The average molecular weight is 162 g/mol. The number of nitrogens with zero attached hydrogens (tertiary/aromatic N) is 1. The van der Waals surface area contributed by atoms with E-state index in [-0.39, 0.29) is 6.17 Å². The first-order valence-electron chi connectivity index (χ1n) is 3.53. The maximum Gasteiger partial charge on any atom is 0.300 e. The molecule has 0 radical (unpaired) electrons. The van der Waals surface area contributed by atoms with Crippen LogP contribution in [0.15, 0.2) is 0 Å². The monoisotopic (exact) mass is 162 g/mol. The third-order valence-corrected chi connectivity index (χ3v) is 1.08. The maximum atomic E-state index is 9.00. The summed E-state index contributed by atoms with van der Waals surface area (Å²) in [5, 5.41) is 7.42. The minimum absolute atomic E-state index is 0.236. The van der Waals surface area contributed by atoms with Crippen LogP contribution < -0.4 is 5.73 Å². The molecule has 0 aromatic heterocycles. The van der Waals surface area contributed by atoms with Crippen molar-refractivity contribution in [1.82, 2.24) is 4.90 Å². The van der Waals surface area contributed by atoms with Gasteiger partial charge in [0.1, 0.15) is 0 Å². The lowest BCUT2D eigenvalue weighted by molar-refractivity contribution is -0.134. The Kier molecular flexibility index (Phi) is 8.87. The Morgan fingerprint density at radius 3 is 1.91 bits per heavy atom. The van der Waals surface area contributed by atoms with Crippen LogP contribution >= 0.6 is 0 Å². The molecule has 0 saturated carbocycles. The van der Waals surface area contributed by atoms with Gasteiger partial charge in [0.2, 0.25) is 0 Å². The molecule has 1 unspecified atom stereocenters. The number of rotatable bonds is 2. The Bertz CT molecular complexity index is 101. The van der Waals surface area contributed by atoms with E-state index in [1.54, 1.807) is 0 Å². The molecule has 4 nitrogen and oxygen atoms in total. The predicted octanol–water partition coefficient (Wildman–Crippen LogP) is 0.334. The van der Waals surface area contributed by atoms with Gasteiger partial charge in [-0.05, 0) is 20.5 Å². The largest absolute Gasteiger partial charge is 0.481 e. The molecular weight excluding hydrogens is 144 g/mol. The molecule has 0 heterocycles. The summed E-state index contributed by atoms with van der Waals surface area (Å²) in [4.78, 5) is 11.0. The van der Waals surface area contributed by atoms with E-state index < -0.39 is 5.97 Å². The number of aliphatic carboxylic acids is 1. The van der Waals surface area contributed by atoms with Gasteiger partial charge < -0.3 is 10.8 Å². The molecule has 0 aliphatic heterocycles. The summed E-state index contributed by atoms with van der Waals surface area (Å²) in [7, 11) is 3.96. The van der Waals surface area contributed by atoms with Crippen molar-refractivity contribution in [3.63, 3.8) is 0 Å². The minimum Gasteiger partial charge on any atom is -0.481 e. The fraction of sp³-hybridized carbons (Fsp3) is 0.857. The smallest absolute Gasteiger partial charge is 0.300 e. The molecule has 0 rings (SSSR count). The van der Waals surface area contributed by atoms with Crippen molar-refractivity contribution >= 4 is 5.97 Å². The quantitative estimate of drug-likeness (QED) is 0.574. The highest BCUT2D eigenvalue weighted by molar-refractivity contribution is 5.62. The molecule has 68 valence electrons. The van der Waals surface area contributed by atoms with Crippen molar-refractivity contribution in [2.75, 3.05) is 14.1 Å². The Morgan fingerprint density at radius 1 is 1.64 bits per heavy atom. The van der Waals surface area contributed by atoms with E-state index in [4.69, 9.17) is 15.6 Å². The zero-order valence-corrected chi connectivity index (χ0v) is 7.66. The number of nitrogens with two attached hydrogens (primary N) is 1. The van der Waals surface area contributed by atoms with Crippen LogP contribution in [0.3, 0.4) is 0 Å². The van der Waals surface area contributed by atoms with Crippen molar-refractivity contribution in [2.45, 2.75) is 26.4 Å². The zero-order chi connectivity index (χ0) is 9.44. The van der Waals surface area contributed by atoms with Crippen LogP contribution in [-0.2, 0) is 4.79 Å². The van der Waals surface area contributed by atoms with Gasteiger partial charge in [0.05, 0.1) is 6.17 Å². The number of carbonyl (C=O) groups is 1. The molecule has 0 bridgehead atoms. The Labute approximate surface area is 68.0 Å². The molecule has 11 heavy (non-hydrogen) atoms. The van der Waals surface area contributed by atoms with E-state index in [1.807, 2.05) is 19.0 Å². The second-order valence-corrected chi connectivity index (χ2v) is 2.46. The van der Waals surface area contributed by atoms with Gasteiger partial charge in [-0.1, -0.05) is 6.92 Å². The second kappa shape index (κ2) is 7.50. The van der Waals surface area contributed by atoms with Gasteiger partial charge in [0.25, 0.3) is 5.97 Å². The second-order valence-electron chi connectivity index (χ2n) is 2.46. The van der Waals surface area contributed by atoms with Crippen LogP contribution in [0.4, 0.5) is 0 Å². The lowest BCUT2D eigenvalue weighted by Crippen LogP contribution is -2.35. The molecular formula is C7H18N2O2. The standard InChI is InChI=1S/C5H14N2.C2H4O2/c1-4-5(6)7(2)3;1-2(3)4/h5H,4,6H2,1-3H3;1H3,(H,3,4). The SMILES string of the molecule is CC(=O)O.CCC(N)N(C)C. The van der Waals surface area contributed by atoms with Crippen LogP contribution in [0.25, 0.3) is 0 Å². The summed E-state index contributed by atoms with van der Waals surface area (Å²) in [6.07, 6.45) is 1.26. The first-order chi connectivity index (χ1) is 4.91. The van der Waals surface area contributed by atoms with E-state index in [0.717, 1.165) is 13.3 Å². The van der Waals surface area contributed by atoms with Crippen molar-refractivity contribution in [1.29, 1.82) is 0 Å². The molecule has 0 fully saturated rings. The van der Waals surface area contributed by atoms with Gasteiger partial charge in [-0.3, -0.25) is 9.69 Å². The summed E-state index contributed by atoms with van der Waals surface area (Å²) in [5.41, 5.74) is 5.54. The number of carboxylic acid groups (broad SMARTS) is 1. The van der Waals surface area contributed by atoms with Gasteiger partial charge in [-0.25, -0.2) is 0 Å². The summed E-state index contributed by atoms with van der Waals surface area (Å²) in [6.45, 7) is 3.16. The highest BCUT2D eigenvalue weighted by Gasteiger charge is 1.97. The normalized spacial score (nSPS) is 11.8. The zero-order valence-electron chi connectivity index (χ0n) is 7.66. The highest BCUT2D eigenvalue weighted by Crippen LogP contribution is 1.86. The van der Waals surface area contributed by atoms with E-state index in [2.05, 4.69) is 6.92 Å². The van der Waals surface area contributed by atoms with E-state index in [0.29, 0.717) is 0 Å². The number of hydrogen-bond acceptors (Lipinski definition) is 3. The van der Waals surface area contributed by atoms with Crippen molar-refractivity contribution < 1.29 is 9.90 Å². The van der Waals surface area contributed by atoms with Crippen LogP contribution in [0.5, 0.6) is 0 Å². The van der Waals surface area contributed by atoms with E-state index in [1.165, 1.54) is 0 Å². The predicted molar refractivity (Wildman–Crippen MR) is 45.3 cm³/mol. The third-order valence-electron chi connectivity index (χ3n) is 1.08. The van der Waals surface area contributed by atoms with E-state index in [9.17, 15) is 0 Å². The topological polar surface area (TPSA) is 66.6 Å². The molecule has 0 aromatic carbocycles. The van der Waals surface area contributed by atoms with Gasteiger partial charge in [0, 0.05) is 6.92 Å². The van der Waals surface area contributed by atoms with Crippen LogP contribution in [0.2, 0.25) is 0 Å². The summed E-state index contributed by atoms with van der Waals surface area (Å²) in [5.74, 6) is -0.833. The molecule has 0 spiro atoms. The molecule has 0 amide bonds. The summed E-state index contributed by atoms with van der Waals surface area (Å²) in [6, 6.07) is 0. The molecule has 0 aliphatic rings. The molecule has 4 heteroatoms. The molecule has 1 atom stereocenters. The van der Waals surface area contributed by atoms with Crippen molar-refractivity contribution in [3.8, 4) is 0 Å². The Hall–Kier alpha value is -0.610. The molecule has 0 aliphatic carbocycles. The lowest BCUT2D eigenvalue weighted by Gasteiger charge is -2.16. The fourth-order valence-electron chi connectivity index (χ4n) is 0.365. The molecule has 0 saturated heterocycles. The van der Waals surface area contributed by atoms with Gasteiger partial charge in [-0.15, -0.1) is 0 Å². The van der Waals surface area contributed by atoms with Crippen LogP contribution in [0, 0.1) is 0 Å². The first kappa shape index (κ1) is 13.0. The minimum atomic E-state index is -0.833. The maximum absolute atomic E-state index is 9.00. The fourth-order valence-corrected chi connectivity index (χ4v) is 0.365. The summed E-state index contributed by atoms with van der Waals surface area (Å²) < 4.78 is 0. The van der Waals surface area contributed by atoms with Gasteiger partial charge in [0.15, 0.2) is 0 Å². The first-order valence-corrected chi connectivity index (χ1v) is 3.53. The van der Waals surface area contributed by atoms with E-state index >= 15 is 0 Å².